The van der Waals surface area contributed by atoms with E-state index < -0.39 is 27.7 Å². The molecule has 1 atom stereocenters. The third-order valence-corrected chi connectivity index (χ3v) is 7.41. The maximum absolute atomic E-state index is 13.5. The number of hydrogen-bond donors (Lipinski definition) is 0. The molecule has 8 nitrogen and oxygen atoms in total. The number of amides is 3. The lowest BCUT2D eigenvalue weighted by molar-refractivity contribution is -0.137. The van der Waals surface area contributed by atoms with E-state index in [4.69, 9.17) is 0 Å². The molecule has 0 radical (unpaired) electrons. The predicted molar refractivity (Wildman–Crippen MR) is 128 cm³/mol. The van der Waals surface area contributed by atoms with E-state index in [-0.39, 0.29) is 29.2 Å². The monoisotopic (exact) mass is 483 g/mol. The fraction of sp³-hybridized carbons (Fsp3) is 0.400. The van der Waals surface area contributed by atoms with Gasteiger partial charge >= 0.3 is 0 Å². The molecule has 2 heterocycles. The van der Waals surface area contributed by atoms with Crippen LogP contribution in [-0.4, -0.2) is 91.6 Å². The summed E-state index contributed by atoms with van der Waals surface area (Å²) in [7, 11) is -3.39. The molecule has 0 spiro atoms. The molecule has 34 heavy (non-hydrogen) atoms. The lowest BCUT2D eigenvalue weighted by Gasteiger charge is -2.37. The molecule has 2 aliphatic heterocycles. The maximum Gasteiger partial charge on any atom is 0.262 e. The first-order valence-electron chi connectivity index (χ1n) is 11.4. The molecule has 0 aliphatic carbocycles. The molecule has 0 N–H and O–H groups in total. The SMILES string of the molecule is CS(=O)(=O)CCC(C(=O)N1CCN(CCc2ccccc2)CC1)N1C(=O)c2ccccc2C1=O. The van der Waals surface area contributed by atoms with E-state index in [1.165, 1.54) is 5.56 Å². The minimum atomic E-state index is -3.39. The largest absolute Gasteiger partial charge is 0.338 e. The van der Waals surface area contributed by atoms with Gasteiger partial charge in [-0.15, -0.1) is 0 Å². The standard InChI is InChI=1S/C25H29N3O5S/c1-34(32,33)18-12-22(28-23(29)20-9-5-6-10-21(20)24(28)30)25(31)27-16-14-26(15-17-27)13-11-19-7-3-2-4-8-19/h2-10,22H,11-18H2,1H3. The molecule has 0 saturated carbocycles. The van der Waals surface area contributed by atoms with Gasteiger partial charge in [0.1, 0.15) is 15.9 Å². The van der Waals surface area contributed by atoms with Crippen LogP contribution in [0.15, 0.2) is 54.6 Å². The van der Waals surface area contributed by atoms with Crippen LogP contribution in [0.5, 0.6) is 0 Å². The van der Waals surface area contributed by atoms with Gasteiger partial charge in [0.15, 0.2) is 0 Å². The topological polar surface area (TPSA) is 95.1 Å². The second-order valence-corrected chi connectivity index (χ2v) is 11.1. The number of fused-ring (bicyclic) bond motifs is 1. The summed E-state index contributed by atoms with van der Waals surface area (Å²) in [6.07, 6.45) is 1.89. The number of imide groups is 1. The zero-order valence-corrected chi connectivity index (χ0v) is 20.0. The number of nitrogens with zero attached hydrogens (tertiary/aromatic N) is 3. The molecule has 4 rings (SSSR count). The van der Waals surface area contributed by atoms with Crippen LogP contribution in [0.3, 0.4) is 0 Å². The highest BCUT2D eigenvalue weighted by Crippen LogP contribution is 2.27. The Hall–Kier alpha value is -3.04. The van der Waals surface area contributed by atoms with Crippen molar-refractivity contribution < 1.29 is 22.8 Å². The van der Waals surface area contributed by atoms with Crippen LogP contribution in [0.4, 0.5) is 0 Å². The smallest absolute Gasteiger partial charge is 0.262 e. The van der Waals surface area contributed by atoms with E-state index in [2.05, 4.69) is 17.0 Å². The van der Waals surface area contributed by atoms with Gasteiger partial charge in [0.2, 0.25) is 5.91 Å². The van der Waals surface area contributed by atoms with Crippen LogP contribution in [0.1, 0.15) is 32.7 Å². The Balaban J connectivity index is 1.44. The Kier molecular flexibility index (Phi) is 7.13. The van der Waals surface area contributed by atoms with Crippen molar-refractivity contribution in [3.8, 4) is 0 Å². The summed E-state index contributed by atoms with van der Waals surface area (Å²) in [6, 6.07) is 15.5. The predicted octanol–water partition coefficient (Wildman–Crippen LogP) is 1.47. The van der Waals surface area contributed by atoms with Gasteiger partial charge in [-0.1, -0.05) is 42.5 Å². The lowest BCUT2D eigenvalue weighted by Crippen LogP contribution is -2.56. The summed E-state index contributed by atoms with van der Waals surface area (Å²) < 4.78 is 23.7. The van der Waals surface area contributed by atoms with Crippen LogP contribution < -0.4 is 0 Å². The van der Waals surface area contributed by atoms with Gasteiger partial charge in [0.25, 0.3) is 11.8 Å². The average molecular weight is 484 g/mol. The van der Waals surface area contributed by atoms with Crippen molar-refractivity contribution >= 4 is 27.6 Å². The second kappa shape index (κ2) is 10.1. The Bertz CT molecular complexity index is 1140. The molecule has 2 aromatic carbocycles. The molecule has 1 saturated heterocycles. The molecule has 1 fully saturated rings. The van der Waals surface area contributed by atoms with Crippen molar-refractivity contribution in [3.63, 3.8) is 0 Å². The zero-order chi connectivity index (χ0) is 24.3. The quantitative estimate of drug-likeness (QED) is 0.528. The zero-order valence-electron chi connectivity index (χ0n) is 19.2. The molecule has 0 bridgehead atoms. The van der Waals surface area contributed by atoms with Gasteiger partial charge in [-0.25, -0.2) is 8.42 Å². The van der Waals surface area contributed by atoms with Crippen molar-refractivity contribution in [1.82, 2.24) is 14.7 Å². The minimum Gasteiger partial charge on any atom is -0.338 e. The first-order chi connectivity index (χ1) is 16.2. The van der Waals surface area contributed by atoms with E-state index in [1.54, 1.807) is 29.2 Å². The van der Waals surface area contributed by atoms with Gasteiger partial charge in [0, 0.05) is 39.0 Å². The summed E-state index contributed by atoms with van der Waals surface area (Å²) in [5.41, 5.74) is 1.75. The average Bonchev–Trinajstić information content (AvgIpc) is 3.08. The highest BCUT2D eigenvalue weighted by Gasteiger charge is 2.44. The number of benzene rings is 2. The van der Waals surface area contributed by atoms with Crippen LogP contribution in [0, 0.1) is 0 Å². The Labute approximate surface area is 200 Å². The van der Waals surface area contributed by atoms with Crippen molar-refractivity contribution in [1.29, 1.82) is 0 Å². The Morgan fingerprint density at radius 2 is 1.44 bits per heavy atom. The third kappa shape index (κ3) is 5.37. The van der Waals surface area contributed by atoms with Gasteiger partial charge < -0.3 is 4.90 Å². The highest BCUT2D eigenvalue weighted by molar-refractivity contribution is 7.90. The highest BCUT2D eigenvalue weighted by atomic mass is 32.2. The van der Waals surface area contributed by atoms with Crippen molar-refractivity contribution in [2.75, 3.05) is 44.7 Å². The lowest BCUT2D eigenvalue weighted by atomic mass is 10.1. The summed E-state index contributed by atoms with van der Waals surface area (Å²) in [6.45, 7) is 3.17. The summed E-state index contributed by atoms with van der Waals surface area (Å²) >= 11 is 0. The molecule has 0 aromatic heterocycles. The molecule has 2 aromatic rings. The van der Waals surface area contributed by atoms with Crippen molar-refractivity contribution in [2.45, 2.75) is 18.9 Å². The number of sulfone groups is 1. The minimum absolute atomic E-state index is 0.114. The van der Waals surface area contributed by atoms with Crippen molar-refractivity contribution in [3.05, 3.63) is 71.3 Å². The summed E-state index contributed by atoms with van der Waals surface area (Å²) in [4.78, 5) is 44.4. The normalized spacial score (nSPS) is 17.7. The van der Waals surface area contributed by atoms with Gasteiger partial charge in [-0.3, -0.25) is 24.2 Å². The van der Waals surface area contributed by atoms with Crippen LogP contribution in [0.25, 0.3) is 0 Å². The molecule has 2 aliphatic rings. The fourth-order valence-electron chi connectivity index (χ4n) is 4.51. The van der Waals surface area contributed by atoms with E-state index >= 15 is 0 Å². The first kappa shape index (κ1) is 24.1. The molecule has 180 valence electrons. The fourth-order valence-corrected chi connectivity index (χ4v) is 5.17. The van der Waals surface area contributed by atoms with Gasteiger partial charge in [-0.05, 0) is 30.5 Å². The molecular formula is C25H29N3O5S. The Morgan fingerprint density at radius 1 is 0.882 bits per heavy atom. The van der Waals surface area contributed by atoms with Crippen LogP contribution in [0.2, 0.25) is 0 Å². The number of hydrogen-bond acceptors (Lipinski definition) is 6. The Morgan fingerprint density at radius 3 is 2.00 bits per heavy atom. The third-order valence-electron chi connectivity index (χ3n) is 6.43. The maximum atomic E-state index is 13.5. The number of rotatable bonds is 8. The van der Waals surface area contributed by atoms with Crippen LogP contribution in [-0.2, 0) is 21.1 Å². The number of piperazine rings is 1. The molecule has 1 unspecified atom stereocenters. The number of carbonyl (C=O) groups excluding carboxylic acids is 3. The molecular weight excluding hydrogens is 454 g/mol. The van der Waals surface area contributed by atoms with Crippen molar-refractivity contribution in [2.24, 2.45) is 0 Å². The first-order valence-corrected chi connectivity index (χ1v) is 13.5. The van der Waals surface area contributed by atoms with E-state index in [9.17, 15) is 22.8 Å². The van der Waals surface area contributed by atoms with E-state index in [0.29, 0.717) is 26.2 Å². The summed E-state index contributed by atoms with van der Waals surface area (Å²) in [5, 5.41) is 0. The van der Waals surface area contributed by atoms with Crippen LogP contribution >= 0.6 is 0 Å². The van der Waals surface area contributed by atoms with Gasteiger partial charge in [0.05, 0.1) is 16.9 Å². The van der Waals surface area contributed by atoms with E-state index in [0.717, 1.165) is 24.1 Å². The second-order valence-electron chi connectivity index (χ2n) is 8.86. The molecule has 3 amide bonds. The summed E-state index contributed by atoms with van der Waals surface area (Å²) in [5.74, 6) is -1.75. The molecule has 9 heteroatoms. The number of carbonyl (C=O) groups is 3. The van der Waals surface area contributed by atoms with E-state index in [1.807, 2.05) is 18.2 Å². The van der Waals surface area contributed by atoms with Gasteiger partial charge in [-0.2, -0.15) is 0 Å².